The monoisotopic (exact) mass is 455 g/mol. The molecule has 1 amide bonds. The highest BCUT2D eigenvalue weighted by atomic mass is 35.5. The zero-order valence-electron chi connectivity index (χ0n) is 17.8. The van der Waals surface area contributed by atoms with Gasteiger partial charge in [0.15, 0.2) is 5.96 Å². The highest BCUT2D eigenvalue weighted by molar-refractivity contribution is 6.31. The van der Waals surface area contributed by atoms with E-state index in [-0.39, 0.29) is 18.1 Å². The van der Waals surface area contributed by atoms with Gasteiger partial charge >= 0.3 is 6.09 Å². The number of hydrogen-bond acceptors (Lipinski definition) is 4. The first-order valence-corrected chi connectivity index (χ1v) is 10.9. The van der Waals surface area contributed by atoms with Crippen LogP contribution in [0.5, 0.6) is 5.75 Å². The topological polar surface area (TPSA) is 119 Å². The summed E-state index contributed by atoms with van der Waals surface area (Å²) in [7, 11) is 0. The fourth-order valence-electron chi connectivity index (χ4n) is 4.09. The second-order valence-corrected chi connectivity index (χ2v) is 7.91. The summed E-state index contributed by atoms with van der Waals surface area (Å²) in [5.74, 6) is 0.734. The minimum atomic E-state index is -0.336. The zero-order chi connectivity index (χ0) is 22.7. The van der Waals surface area contributed by atoms with Crippen molar-refractivity contribution in [3.8, 4) is 5.75 Å². The molecule has 2 aromatic carbocycles. The van der Waals surface area contributed by atoms with Crippen LogP contribution in [0.1, 0.15) is 29.8 Å². The summed E-state index contributed by atoms with van der Waals surface area (Å²) < 4.78 is 11.0. The maximum atomic E-state index is 12.8. The third kappa shape index (κ3) is 4.45. The van der Waals surface area contributed by atoms with E-state index < -0.39 is 0 Å². The molecule has 0 saturated carbocycles. The van der Waals surface area contributed by atoms with Gasteiger partial charge in [-0.2, -0.15) is 0 Å². The molecular weight excluding hydrogens is 430 g/mol. The van der Waals surface area contributed by atoms with Gasteiger partial charge in [-0.3, -0.25) is 9.89 Å². The summed E-state index contributed by atoms with van der Waals surface area (Å²) in [6, 6.07) is 13.2. The number of benzene rings is 2. The first-order valence-electron chi connectivity index (χ1n) is 10.5. The highest BCUT2D eigenvalue weighted by Crippen LogP contribution is 2.39. The predicted molar refractivity (Wildman–Crippen MR) is 125 cm³/mol. The van der Waals surface area contributed by atoms with E-state index in [4.69, 9.17) is 32.5 Å². The number of carbonyl (C=O) groups excluding carboxylic acids is 1. The molecule has 168 valence electrons. The Kier molecular flexibility index (Phi) is 6.41. The van der Waals surface area contributed by atoms with Gasteiger partial charge in [0.2, 0.25) is 0 Å². The number of guanidine groups is 1. The van der Waals surface area contributed by atoms with Gasteiger partial charge in [-0.25, -0.2) is 4.79 Å². The average molecular weight is 456 g/mol. The second-order valence-electron chi connectivity index (χ2n) is 7.48. The molecule has 0 spiro atoms. The van der Waals surface area contributed by atoms with Crippen LogP contribution in [0.15, 0.2) is 47.5 Å². The van der Waals surface area contributed by atoms with Crippen molar-refractivity contribution in [2.24, 2.45) is 16.5 Å². The van der Waals surface area contributed by atoms with E-state index in [9.17, 15) is 4.79 Å². The van der Waals surface area contributed by atoms with E-state index in [1.165, 1.54) is 5.56 Å². The number of aromatic nitrogens is 1. The molecule has 2 heterocycles. The number of ether oxygens (including phenoxy) is 2. The van der Waals surface area contributed by atoms with Gasteiger partial charge in [-0.1, -0.05) is 23.7 Å². The second kappa shape index (κ2) is 9.40. The number of amides is 1. The van der Waals surface area contributed by atoms with Crippen LogP contribution >= 0.6 is 11.6 Å². The number of H-pyrrole nitrogens is 1. The van der Waals surface area contributed by atoms with Crippen molar-refractivity contribution in [1.29, 1.82) is 0 Å². The number of carbonyl (C=O) groups is 1. The summed E-state index contributed by atoms with van der Waals surface area (Å²) in [5, 5.41) is 1.77. The SMILES string of the molecule is CCOC(=O)N1CCc2c([nH]c3ccc(Cl)cc23)C1c1ccc(OCCN=C(N)N)cc1. The molecule has 1 unspecified atom stereocenters. The number of rotatable bonds is 6. The lowest BCUT2D eigenvalue weighted by Crippen LogP contribution is -2.40. The molecule has 4 rings (SSSR count). The largest absolute Gasteiger partial charge is 0.492 e. The average Bonchev–Trinajstić information content (AvgIpc) is 3.14. The lowest BCUT2D eigenvalue weighted by molar-refractivity contribution is 0.0932. The standard InChI is InChI=1S/C23H26ClN5O3/c1-2-31-23(30)29-11-9-17-18-13-15(24)5-8-19(18)28-20(17)21(29)14-3-6-16(7-4-14)32-12-10-27-22(25)26/h3-8,13,21,28H,2,9-12H2,1H3,(H4,25,26,27). The van der Waals surface area contributed by atoms with Crippen molar-refractivity contribution in [1.82, 2.24) is 9.88 Å². The minimum Gasteiger partial charge on any atom is -0.492 e. The van der Waals surface area contributed by atoms with Crippen molar-refractivity contribution < 1.29 is 14.3 Å². The van der Waals surface area contributed by atoms with Gasteiger partial charge in [-0.15, -0.1) is 0 Å². The normalized spacial score (nSPS) is 15.3. The Hall–Kier alpha value is -3.39. The third-order valence-electron chi connectivity index (χ3n) is 5.44. The number of fused-ring (bicyclic) bond motifs is 3. The molecule has 1 aliphatic rings. The Morgan fingerprint density at radius 3 is 2.75 bits per heavy atom. The van der Waals surface area contributed by atoms with Gasteiger partial charge in [0.1, 0.15) is 18.4 Å². The molecule has 0 fully saturated rings. The number of nitrogens with two attached hydrogens (primary N) is 2. The Bertz CT molecular complexity index is 1140. The predicted octanol–water partition coefficient (Wildman–Crippen LogP) is 3.58. The van der Waals surface area contributed by atoms with Crippen LogP contribution in [0.2, 0.25) is 5.02 Å². The Balaban J connectivity index is 1.66. The van der Waals surface area contributed by atoms with Crippen LogP contribution in [-0.2, 0) is 11.2 Å². The molecule has 0 aliphatic carbocycles. The van der Waals surface area contributed by atoms with Crippen molar-refractivity contribution in [2.45, 2.75) is 19.4 Å². The molecule has 9 heteroatoms. The maximum Gasteiger partial charge on any atom is 0.410 e. The van der Waals surface area contributed by atoms with Crippen LogP contribution < -0.4 is 16.2 Å². The molecule has 5 N–H and O–H groups in total. The fourth-order valence-corrected chi connectivity index (χ4v) is 4.27. The lowest BCUT2D eigenvalue weighted by Gasteiger charge is -2.35. The molecule has 8 nitrogen and oxygen atoms in total. The van der Waals surface area contributed by atoms with Crippen molar-refractivity contribution in [3.05, 3.63) is 64.3 Å². The van der Waals surface area contributed by atoms with Gasteiger partial charge in [0, 0.05) is 28.2 Å². The first-order chi connectivity index (χ1) is 15.5. The number of nitrogens with one attached hydrogen (secondary N) is 1. The van der Waals surface area contributed by atoms with Crippen LogP contribution in [0.3, 0.4) is 0 Å². The molecule has 3 aromatic rings. The van der Waals surface area contributed by atoms with Crippen molar-refractivity contribution in [2.75, 3.05) is 26.3 Å². The number of halogens is 1. The Morgan fingerprint density at radius 2 is 2.03 bits per heavy atom. The van der Waals surface area contributed by atoms with Crippen LogP contribution in [-0.4, -0.2) is 48.2 Å². The summed E-state index contributed by atoms with van der Waals surface area (Å²) in [4.78, 5) is 21.9. The van der Waals surface area contributed by atoms with Gasteiger partial charge in [0.05, 0.1) is 13.2 Å². The number of aliphatic imine (C=N–C) groups is 1. The molecular formula is C23H26ClN5O3. The van der Waals surface area contributed by atoms with E-state index in [0.717, 1.165) is 28.6 Å². The van der Waals surface area contributed by atoms with E-state index in [1.807, 2.05) is 49.4 Å². The highest BCUT2D eigenvalue weighted by Gasteiger charge is 2.35. The van der Waals surface area contributed by atoms with Crippen molar-refractivity contribution in [3.63, 3.8) is 0 Å². The number of aromatic amines is 1. The maximum absolute atomic E-state index is 12.8. The minimum absolute atomic E-state index is 0.0377. The van der Waals surface area contributed by atoms with Gasteiger partial charge < -0.3 is 25.9 Å². The lowest BCUT2D eigenvalue weighted by atomic mass is 9.92. The summed E-state index contributed by atoms with van der Waals surface area (Å²) in [6.07, 6.45) is 0.383. The van der Waals surface area contributed by atoms with Gasteiger partial charge in [0.25, 0.3) is 0 Å². The summed E-state index contributed by atoms with van der Waals surface area (Å²) >= 11 is 6.24. The molecule has 0 bridgehead atoms. The Morgan fingerprint density at radius 1 is 1.25 bits per heavy atom. The molecule has 0 radical (unpaired) electrons. The van der Waals surface area contributed by atoms with E-state index in [1.54, 1.807) is 4.90 Å². The summed E-state index contributed by atoms with van der Waals surface area (Å²) in [6.45, 7) is 3.42. The molecule has 32 heavy (non-hydrogen) atoms. The van der Waals surface area contributed by atoms with E-state index in [0.29, 0.717) is 37.1 Å². The van der Waals surface area contributed by atoms with Gasteiger partial charge in [-0.05, 0) is 54.8 Å². The molecule has 1 aliphatic heterocycles. The van der Waals surface area contributed by atoms with Crippen LogP contribution in [0, 0.1) is 0 Å². The quantitative estimate of drug-likeness (QED) is 0.298. The van der Waals surface area contributed by atoms with E-state index >= 15 is 0 Å². The fraction of sp³-hybridized carbons (Fsp3) is 0.304. The number of nitrogens with zero attached hydrogens (tertiary/aromatic N) is 2. The van der Waals surface area contributed by atoms with Crippen LogP contribution in [0.25, 0.3) is 10.9 Å². The van der Waals surface area contributed by atoms with E-state index in [2.05, 4.69) is 9.98 Å². The Labute approximate surface area is 191 Å². The third-order valence-corrected chi connectivity index (χ3v) is 5.68. The summed E-state index contributed by atoms with van der Waals surface area (Å²) in [5.41, 5.74) is 14.7. The molecule has 1 aromatic heterocycles. The van der Waals surface area contributed by atoms with Crippen LogP contribution in [0.4, 0.5) is 4.79 Å². The zero-order valence-corrected chi connectivity index (χ0v) is 18.6. The first kappa shape index (κ1) is 21.8. The van der Waals surface area contributed by atoms with Crippen molar-refractivity contribution >= 4 is 34.6 Å². The molecule has 0 saturated heterocycles. The smallest absolute Gasteiger partial charge is 0.410 e. The number of hydrogen-bond donors (Lipinski definition) is 3. The molecule has 1 atom stereocenters.